The molecule has 1 aromatic rings. The molecule has 0 amide bonds. The van der Waals surface area contributed by atoms with Gasteiger partial charge in [-0.05, 0) is 31.4 Å². The third-order valence-corrected chi connectivity index (χ3v) is 3.58. The van der Waals surface area contributed by atoms with Crippen molar-refractivity contribution in [3.8, 4) is 5.88 Å². The average Bonchev–Trinajstić information content (AvgIpc) is 2.47. The monoisotopic (exact) mass is 264 g/mol. The highest BCUT2D eigenvalue weighted by molar-refractivity contribution is 5.18. The maximum Gasteiger partial charge on any atom is 0.213 e. The molecule has 19 heavy (non-hydrogen) atoms. The highest BCUT2D eigenvalue weighted by atomic mass is 16.5. The van der Waals surface area contributed by atoms with Crippen molar-refractivity contribution in [2.24, 2.45) is 0 Å². The second-order valence-corrected chi connectivity index (χ2v) is 5.05. The maximum atomic E-state index is 5.94. The number of hydrogen-bond acceptors (Lipinski definition) is 4. The first-order valence-electron chi connectivity index (χ1n) is 7.17. The van der Waals surface area contributed by atoms with E-state index >= 15 is 0 Å². The van der Waals surface area contributed by atoms with Crippen molar-refractivity contribution in [1.82, 2.24) is 10.3 Å². The highest BCUT2D eigenvalue weighted by Gasteiger charge is 2.23. The smallest absolute Gasteiger partial charge is 0.213 e. The minimum atomic E-state index is 0.241. The molecule has 2 rings (SSSR count). The number of rotatable bonds is 6. The van der Waals surface area contributed by atoms with E-state index in [1.54, 1.807) is 7.11 Å². The Bertz CT molecular complexity index is 367. The zero-order valence-electron chi connectivity index (χ0n) is 11.9. The fourth-order valence-electron chi connectivity index (χ4n) is 2.45. The average molecular weight is 264 g/mol. The number of nitrogens with one attached hydrogen (secondary N) is 1. The van der Waals surface area contributed by atoms with Crippen LogP contribution in [-0.4, -0.2) is 30.8 Å². The van der Waals surface area contributed by atoms with Gasteiger partial charge >= 0.3 is 0 Å². The fraction of sp³-hybridized carbons (Fsp3) is 0.667. The van der Waals surface area contributed by atoms with Crippen LogP contribution in [0.5, 0.6) is 5.88 Å². The first-order chi connectivity index (χ1) is 9.31. The Labute approximate surface area is 115 Å². The predicted octanol–water partition coefficient (Wildman–Crippen LogP) is 2.53. The Hall–Kier alpha value is -1.13. The minimum Gasteiger partial charge on any atom is -0.474 e. The molecule has 1 N–H and O–H groups in total. The molecule has 1 aliphatic carbocycles. The molecule has 2 atom stereocenters. The van der Waals surface area contributed by atoms with Gasteiger partial charge < -0.3 is 14.8 Å². The van der Waals surface area contributed by atoms with E-state index in [-0.39, 0.29) is 6.10 Å². The molecule has 0 aliphatic heterocycles. The van der Waals surface area contributed by atoms with Crippen LogP contribution < -0.4 is 10.1 Å². The minimum absolute atomic E-state index is 0.241. The maximum absolute atomic E-state index is 5.94. The van der Waals surface area contributed by atoms with E-state index in [9.17, 15) is 0 Å². The van der Waals surface area contributed by atoms with Gasteiger partial charge in [-0.2, -0.15) is 0 Å². The van der Waals surface area contributed by atoms with Gasteiger partial charge in [0.2, 0.25) is 5.88 Å². The van der Waals surface area contributed by atoms with Crippen LogP contribution in [0.3, 0.4) is 0 Å². The Morgan fingerprint density at radius 3 is 2.84 bits per heavy atom. The van der Waals surface area contributed by atoms with E-state index in [0.29, 0.717) is 6.10 Å². The summed E-state index contributed by atoms with van der Waals surface area (Å²) in [5.41, 5.74) is 1.19. The van der Waals surface area contributed by atoms with Gasteiger partial charge in [-0.15, -0.1) is 0 Å². The van der Waals surface area contributed by atoms with Gasteiger partial charge in [0, 0.05) is 32.3 Å². The van der Waals surface area contributed by atoms with Gasteiger partial charge in [0.25, 0.3) is 0 Å². The van der Waals surface area contributed by atoms with Crippen LogP contribution in [0.15, 0.2) is 18.3 Å². The fourth-order valence-corrected chi connectivity index (χ4v) is 2.45. The van der Waals surface area contributed by atoms with Crippen molar-refractivity contribution >= 4 is 0 Å². The topological polar surface area (TPSA) is 43.4 Å². The number of nitrogens with zero attached hydrogens (tertiary/aromatic N) is 1. The normalized spacial score (nSPS) is 23.3. The molecule has 0 saturated heterocycles. The van der Waals surface area contributed by atoms with Gasteiger partial charge in [0.1, 0.15) is 6.10 Å². The Morgan fingerprint density at radius 1 is 1.32 bits per heavy atom. The lowest BCUT2D eigenvalue weighted by molar-refractivity contribution is 0.0195. The summed E-state index contributed by atoms with van der Waals surface area (Å²) < 4.78 is 11.3. The van der Waals surface area contributed by atoms with E-state index in [0.717, 1.165) is 38.2 Å². The van der Waals surface area contributed by atoms with Crippen LogP contribution in [0.4, 0.5) is 0 Å². The second kappa shape index (κ2) is 7.46. The zero-order chi connectivity index (χ0) is 13.5. The summed E-state index contributed by atoms with van der Waals surface area (Å²) in [4.78, 5) is 4.37. The van der Waals surface area contributed by atoms with Crippen LogP contribution >= 0.6 is 0 Å². The first-order valence-corrected chi connectivity index (χ1v) is 7.17. The number of methoxy groups -OCH3 is 1. The molecule has 0 radical (unpaired) electrons. The zero-order valence-corrected chi connectivity index (χ0v) is 11.9. The van der Waals surface area contributed by atoms with Crippen molar-refractivity contribution in [3.05, 3.63) is 23.9 Å². The summed E-state index contributed by atoms with van der Waals surface area (Å²) in [6.45, 7) is 3.93. The summed E-state index contributed by atoms with van der Waals surface area (Å²) in [6.07, 6.45) is 6.84. The molecule has 1 aromatic heterocycles. The summed E-state index contributed by atoms with van der Waals surface area (Å²) in [5.74, 6) is 0.724. The summed E-state index contributed by atoms with van der Waals surface area (Å²) in [6, 6.07) is 4.03. The molecule has 0 bridgehead atoms. The van der Waals surface area contributed by atoms with Crippen molar-refractivity contribution in [3.63, 3.8) is 0 Å². The summed E-state index contributed by atoms with van der Waals surface area (Å²) in [5, 5.41) is 3.28. The molecule has 4 nitrogen and oxygen atoms in total. The van der Waals surface area contributed by atoms with Crippen LogP contribution in [-0.2, 0) is 11.3 Å². The third-order valence-electron chi connectivity index (χ3n) is 3.58. The first kappa shape index (κ1) is 14.3. The van der Waals surface area contributed by atoms with Gasteiger partial charge in [-0.25, -0.2) is 4.98 Å². The van der Waals surface area contributed by atoms with Crippen molar-refractivity contribution in [2.45, 2.75) is 51.4 Å². The molecule has 2 unspecified atom stereocenters. The lowest BCUT2D eigenvalue weighted by Gasteiger charge is -2.28. The molecule has 106 valence electrons. The molecule has 4 heteroatoms. The summed E-state index contributed by atoms with van der Waals surface area (Å²) in [7, 11) is 1.78. The van der Waals surface area contributed by atoms with Crippen molar-refractivity contribution in [1.29, 1.82) is 0 Å². The molecular weight excluding hydrogens is 240 g/mol. The molecule has 0 aromatic carbocycles. The van der Waals surface area contributed by atoms with E-state index in [1.165, 1.54) is 12.0 Å². The van der Waals surface area contributed by atoms with Gasteiger partial charge in [-0.3, -0.25) is 0 Å². The molecule has 0 spiro atoms. The van der Waals surface area contributed by atoms with Gasteiger partial charge in [0.15, 0.2) is 0 Å². The standard InChI is InChI=1S/C15H24N2O2/c1-3-16-10-12-7-8-15(17-11-12)19-14-6-4-5-13(9-14)18-2/h7-8,11,13-14,16H,3-6,9-10H2,1-2H3. The number of pyridine rings is 1. The third kappa shape index (κ3) is 4.48. The Balaban J connectivity index is 1.85. The number of ether oxygens (including phenoxy) is 2. The molecular formula is C15H24N2O2. The van der Waals surface area contributed by atoms with Crippen LogP contribution in [0.25, 0.3) is 0 Å². The van der Waals surface area contributed by atoms with Crippen LogP contribution in [0.2, 0.25) is 0 Å². The summed E-state index contributed by atoms with van der Waals surface area (Å²) >= 11 is 0. The lowest BCUT2D eigenvalue weighted by Crippen LogP contribution is -2.29. The van der Waals surface area contributed by atoms with Crippen molar-refractivity contribution in [2.75, 3.05) is 13.7 Å². The highest BCUT2D eigenvalue weighted by Crippen LogP contribution is 2.24. The van der Waals surface area contributed by atoms with E-state index in [2.05, 4.69) is 23.3 Å². The van der Waals surface area contributed by atoms with E-state index in [4.69, 9.17) is 9.47 Å². The van der Waals surface area contributed by atoms with Crippen molar-refractivity contribution < 1.29 is 9.47 Å². The molecule has 1 saturated carbocycles. The Morgan fingerprint density at radius 2 is 2.16 bits per heavy atom. The molecule has 1 fully saturated rings. The van der Waals surface area contributed by atoms with E-state index in [1.807, 2.05) is 12.3 Å². The van der Waals surface area contributed by atoms with Gasteiger partial charge in [0.05, 0.1) is 6.10 Å². The molecule has 1 aliphatic rings. The SMILES string of the molecule is CCNCc1ccc(OC2CCCC(OC)C2)nc1. The largest absolute Gasteiger partial charge is 0.474 e. The van der Waals surface area contributed by atoms with E-state index < -0.39 is 0 Å². The lowest BCUT2D eigenvalue weighted by atomic mass is 9.95. The number of aromatic nitrogens is 1. The van der Waals surface area contributed by atoms with Crippen LogP contribution in [0, 0.1) is 0 Å². The second-order valence-electron chi connectivity index (χ2n) is 5.05. The quantitative estimate of drug-likeness (QED) is 0.857. The molecule has 1 heterocycles. The Kier molecular flexibility index (Phi) is 5.61. The predicted molar refractivity (Wildman–Crippen MR) is 75.3 cm³/mol. The van der Waals surface area contributed by atoms with Crippen LogP contribution in [0.1, 0.15) is 38.2 Å². The number of hydrogen-bond donors (Lipinski definition) is 1. The van der Waals surface area contributed by atoms with Gasteiger partial charge in [-0.1, -0.05) is 13.0 Å².